The van der Waals surface area contributed by atoms with Gasteiger partial charge in [0.05, 0.1) is 32.8 Å². The van der Waals surface area contributed by atoms with Gasteiger partial charge in [-0.2, -0.15) is 0 Å². The molecule has 0 aliphatic carbocycles. The Balaban J connectivity index is 1.46. The highest BCUT2D eigenvalue weighted by molar-refractivity contribution is 6.10. The zero-order valence-electron chi connectivity index (χ0n) is 32.0. The molecule has 0 fully saturated rings. The first-order chi connectivity index (χ1) is 27.6. The second kappa shape index (κ2) is 15.0. The number of nitrogens with zero attached hydrogens (tertiary/aromatic N) is 2. The molecule has 56 heavy (non-hydrogen) atoms. The van der Waals surface area contributed by atoms with Crippen molar-refractivity contribution in [2.45, 2.75) is 52.6 Å². The number of aromatic nitrogens is 2. The fourth-order valence-corrected chi connectivity index (χ4v) is 8.47. The molecule has 0 spiro atoms. The first kappa shape index (κ1) is 35.2. The molecule has 4 nitrogen and oxygen atoms in total. The van der Waals surface area contributed by atoms with Crippen LogP contribution in [0.2, 0.25) is 0 Å². The van der Waals surface area contributed by atoms with E-state index in [1.807, 2.05) is 60.7 Å². The van der Waals surface area contributed by atoms with Crippen molar-refractivity contribution in [3.63, 3.8) is 0 Å². The highest BCUT2D eigenvalue weighted by atomic mass is 16.1. The lowest BCUT2D eigenvalue weighted by Crippen LogP contribution is -2.17. The average molecular weight is 729 g/mol. The third-order valence-electron chi connectivity index (χ3n) is 11.3. The number of hydrogen-bond donors (Lipinski definition) is 0. The van der Waals surface area contributed by atoms with Crippen LogP contribution in [-0.2, 0) is 13.1 Å². The Morgan fingerprint density at radius 1 is 0.375 bits per heavy atom. The SMILES string of the molecule is CCCCn1c2cc3c(=O)c4c(-c5ccccc5)cc(-c5ccccc5)cc4n(CCCC)c3cc2c(=O)c2c(-c3ccccc3)cc(-c3ccccc3)cc21. The molecule has 4 heteroatoms. The topological polar surface area (TPSA) is 44.0 Å². The summed E-state index contributed by atoms with van der Waals surface area (Å²) in [5.41, 5.74) is 11.5. The Bertz CT molecular complexity index is 2790. The summed E-state index contributed by atoms with van der Waals surface area (Å²) in [6.07, 6.45) is 3.84. The van der Waals surface area contributed by atoms with Gasteiger partial charge >= 0.3 is 0 Å². The Morgan fingerprint density at radius 2 is 0.714 bits per heavy atom. The number of rotatable bonds is 10. The zero-order chi connectivity index (χ0) is 38.2. The molecule has 0 radical (unpaired) electrons. The van der Waals surface area contributed by atoms with E-state index in [1.54, 1.807) is 0 Å². The van der Waals surface area contributed by atoms with Crippen LogP contribution in [0.4, 0.5) is 0 Å². The van der Waals surface area contributed by atoms with Crippen molar-refractivity contribution >= 4 is 43.6 Å². The molecule has 0 atom stereocenters. The number of fused-ring (bicyclic) bond motifs is 4. The van der Waals surface area contributed by atoms with Crippen LogP contribution in [0.1, 0.15) is 39.5 Å². The van der Waals surface area contributed by atoms with E-state index in [0.717, 1.165) is 105 Å². The fraction of sp³-hybridized carbons (Fsp3) is 0.154. The molecule has 0 saturated heterocycles. The van der Waals surface area contributed by atoms with Gasteiger partial charge in [-0.25, -0.2) is 0 Å². The minimum absolute atomic E-state index is 0.0132. The summed E-state index contributed by atoms with van der Waals surface area (Å²) in [7, 11) is 0. The van der Waals surface area contributed by atoms with Gasteiger partial charge in [0, 0.05) is 23.9 Å². The second-order valence-electron chi connectivity index (χ2n) is 14.9. The lowest BCUT2D eigenvalue weighted by atomic mass is 9.92. The van der Waals surface area contributed by atoms with E-state index < -0.39 is 0 Å². The van der Waals surface area contributed by atoms with Gasteiger partial charge < -0.3 is 9.13 Å². The third kappa shape index (κ3) is 6.12. The Kier molecular flexibility index (Phi) is 9.40. The highest BCUT2D eigenvalue weighted by Crippen LogP contribution is 2.38. The highest BCUT2D eigenvalue weighted by Gasteiger charge is 2.22. The van der Waals surface area contributed by atoms with E-state index in [9.17, 15) is 0 Å². The maximum Gasteiger partial charge on any atom is 0.197 e. The van der Waals surface area contributed by atoms with Gasteiger partial charge in [-0.3, -0.25) is 9.59 Å². The van der Waals surface area contributed by atoms with Crippen LogP contribution in [-0.4, -0.2) is 9.13 Å². The molecule has 0 aliphatic rings. The summed E-state index contributed by atoms with van der Waals surface area (Å²) in [4.78, 5) is 30.5. The summed E-state index contributed by atoms with van der Waals surface area (Å²) in [5, 5.41) is 2.69. The van der Waals surface area contributed by atoms with Crippen LogP contribution >= 0.6 is 0 Å². The van der Waals surface area contributed by atoms with Crippen molar-refractivity contribution in [1.82, 2.24) is 9.13 Å². The molecule has 7 aromatic carbocycles. The number of unbranched alkanes of at least 4 members (excludes halogenated alkanes) is 2. The predicted molar refractivity (Wildman–Crippen MR) is 237 cm³/mol. The Morgan fingerprint density at radius 3 is 1.05 bits per heavy atom. The van der Waals surface area contributed by atoms with Crippen molar-refractivity contribution < 1.29 is 0 Å². The minimum Gasteiger partial charge on any atom is -0.340 e. The molecule has 274 valence electrons. The standard InChI is InChI=1S/C52H44N2O2/c1-3-5-27-53-45-33-44-46(34-43(45)51(55)49-41(37-23-15-9-16-24-37)29-39(31-47(49)53)35-19-11-7-12-20-35)54(28-6-4-2)48-32-40(36-21-13-8-14-22-36)30-42(50(48)52(44)56)38-25-17-10-18-26-38/h7-26,29-34H,3-6,27-28H2,1-2H3. The smallest absolute Gasteiger partial charge is 0.197 e. The predicted octanol–water partition coefficient (Wildman–Crippen LogP) is 12.9. The summed E-state index contributed by atoms with van der Waals surface area (Å²) in [6.45, 7) is 5.82. The maximum atomic E-state index is 15.3. The van der Waals surface area contributed by atoms with E-state index in [-0.39, 0.29) is 10.9 Å². The van der Waals surface area contributed by atoms with Gasteiger partial charge in [-0.1, -0.05) is 148 Å². The minimum atomic E-state index is -0.0132. The summed E-state index contributed by atoms with van der Waals surface area (Å²) < 4.78 is 4.62. The summed E-state index contributed by atoms with van der Waals surface area (Å²) >= 11 is 0. The first-order valence-electron chi connectivity index (χ1n) is 20.0. The van der Waals surface area contributed by atoms with Crippen LogP contribution in [0.25, 0.3) is 88.1 Å². The summed E-state index contributed by atoms with van der Waals surface area (Å²) in [5.74, 6) is 0. The molecular formula is C52H44N2O2. The van der Waals surface area contributed by atoms with Gasteiger partial charge in [0.2, 0.25) is 0 Å². The van der Waals surface area contributed by atoms with Crippen molar-refractivity contribution in [2.24, 2.45) is 0 Å². The Hall–Kier alpha value is -6.52. The number of pyridine rings is 2. The van der Waals surface area contributed by atoms with Crippen molar-refractivity contribution in [1.29, 1.82) is 0 Å². The monoisotopic (exact) mass is 728 g/mol. The lowest BCUT2D eigenvalue weighted by Gasteiger charge is -2.22. The molecule has 9 aromatic rings. The number of aryl methyl sites for hydroxylation is 2. The van der Waals surface area contributed by atoms with Crippen molar-refractivity contribution in [2.75, 3.05) is 0 Å². The molecule has 0 N–H and O–H groups in total. The summed E-state index contributed by atoms with van der Waals surface area (Å²) in [6, 6.07) is 54.0. The molecule has 9 rings (SSSR count). The molecule has 2 heterocycles. The average Bonchev–Trinajstić information content (AvgIpc) is 3.26. The van der Waals surface area contributed by atoms with Gasteiger partial charge in [-0.05, 0) is 93.7 Å². The van der Waals surface area contributed by atoms with E-state index in [2.05, 4.69) is 120 Å². The maximum absolute atomic E-state index is 15.3. The molecule has 0 bridgehead atoms. The van der Waals surface area contributed by atoms with Gasteiger partial charge in [0.1, 0.15) is 0 Å². The van der Waals surface area contributed by atoms with Crippen LogP contribution < -0.4 is 10.9 Å². The van der Waals surface area contributed by atoms with Gasteiger partial charge in [-0.15, -0.1) is 0 Å². The van der Waals surface area contributed by atoms with Crippen LogP contribution in [0, 0.1) is 0 Å². The third-order valence-corrected chi connectivity index (χ3v) is 11.3. The first-order valence-corrected chi connectivity index (χ1v) is 20.0. The van der Waals surface area contributed by atoms with Gasteiger partial charge in [0.25, 0.3) is 0 Å². The van der Waals surface area contributed by atoms with E-state index in [1.165, 1.54) is 0 Å². The molecular weight excluding hydrogens is 685 g/mol. The van der Waals surface area contributed by atoms with Gasteiger partial charge in [0.15, 0.2) is 10.9 Å². The van der Waals surface area contributed by atoms with Crippen LogP contribution in [0.5, 0.6) is 0 Å². The lowest BCUT2D eigenvalue weighted by molar-refractivity contribution is 0.660. The quantitative estimate of drug-likeness (QED) is 0.132. The normalized spacial score (nSPS) is 11.6. The Labute approximate surface area is 326 Å². The number of benzene rings is 7. The molecule has 0 aliphatic heterocycles. The van der Waals surface area contributed by atoms with Crippen molar-refractivity contribution in [3.8, 4) is 44.5 Å². The molecule has 0 saturated carbocycles. The van der Waals surface area contributed by atoms with E-state index in [0.29, 0.717) is 21.5 Å². The van der Waals surface area contributed by atoms with Crippen molar-refractivity contribution in [3.05, 3.63) is 178 Å². The molecule has 2 aromatic heterocycles. The molecule has 0 unspecified atom stereocenters. The van der Waals surface area contributed by atoms with Crippen LogP contribution in [0.3, 0.4) is 0 Å². The van der Waals surface area contributed by atoms with E-state index in [4.69, 9.17) is 0 Å². The van der Waals surface area contributed by atoms with Crippen LogP contribution in [0.15, 0.2) is 167 Å². The number of hydrogen-bond acceptors (Lipinski definition) is 2. The second-order valence-corrected chi connectivity index (χ2v) is 14.9. The largest absolute Gasteiger partial charge is 0.340 e. The zero-order valence-corrected chi connectivity index (χ0v) is 32.0. The fourth-order valence-electron chi connectivity index (χ4n) is 8.47. The van der Waals surface area contributed by atoms with E-state index >= 15 is 9.59 Å². The molecule has 0 amide bonds.